The van der Waals surface area contributed by atoms with Gasteiger partial charge in [0.15, 0.2) is 5.78 Å². The lowest BCUT2D eigenvalue weighted by Gasteiger charge is -2.39. The Bertz CT molecular complexity index is 507. The number of ether oxygens (including phenoxy) is 1. The number of hydrogen-bond acceptors (Lipinski definition) is 5. The van der Waals surface area contributed by atoms with Crippen LogP contribution in [0.2, 0.25) is 0 Å². The van der Waals surface area contributed by atoms with Gasteiger partial charge in [0.05, 0.1) is 7.11 Å². The third kappa shape index (κ3) is 4.27. The fraction of sp³-hybridized carbons (Fsp3) is 0.778. The summed E-state index contributed by atoms with van der Waals surface area (Å²) in [6.07, 6.45) is 2.30. The first kappa shape index (κ1) is 19.5. The number of nitrogens with zero attached hydrogens (tertiary/aromatic N) is 1. The van der Waals surface area contributed by atoms with E-state index < -0.39 is 23.2 Å². The van der Waals surface area contributed by atoms with Crippen LogP contribution in [0.5, 0.6) is 0 Å². The van der Waals surface area contributed by atoms with Gasteiger partial charge in [0.2, 0.25) is 0 Å². The molecule has 23 heavy (non-hydrogen) atoms. The molecule has 0 aromatic carbocycles. The number of hydrogen-bond donors (Lipinski definition) is 0. The predicted molar refractivity (Wildman–Crippen MR) is 89.5 cm³/mol. The molecule has 1 aliphatic carbocycles. The van der Waals surface area contributed by atoms with E-state index in [1.807, 2.05) is 34.6 Å². The number of ketones is 2. The van der Waals surface area contributed by atoms with Gasteiger partial charge in [0.25, 0.3) is 0 Å². The summed E-state index contributed by atoms with van der Waals surface area (Å²) in [7, 11) is 1.28. The summed E-state index contributed by atoms with van der Waals surface area (Å²) >= 11 is 0. The molecule has 5 nitrogen and oxygen atoms in total. The van der Waals surface area contributed by atoms with Crippen molar-refractivity contribution >= 4 is 23.2 Å². The van der Waals surface area contributed by atoms with E-state index in [-0.39, 0.29) is 17.6 Å². The van der Waals surface area contributed by atoms with Gasteiger partial charge in [-0.3, -0.25) is 19.4 Å². The first-order chi connectivity index (χ1) is 10.7. The zero-order valence-corrected chi connectivity index (χ0v) is 15.1. The second-order valence-corrected chi connectivity index (χ2v) is 7.05. The lowest BCUT2D eigenvalue weighted by Crippen LogP contribution is -2.52. The number of aliphatic imine (C=N–C) groups is 1. The molecule has 1 rings (SSSR count). The quantitative estimate of drug-likeness (QED) is 0.556. The van der Waals surface area contributed by atoms with Crippen molar-refractivity contribution in [3.8, 4) is 0 Å². The number of methoxy groups -OCH3 is 1. The summed E-state index contributed by atoms with van der Waals surface area (Å²) in [6, 6.07) is 0.0557. The Hall–Kier alpha value is -1.52. The molecule has 130 valence electrons. The Morgan fingerprint density at radius 3 is 2.43 bits per heavy atom. The maximum atomic E-state index is 12.9. The van der Waals surface area contributed by atoms with Gasteiger partial charge in [0, 0.05) is 18.2 Å². The predicted octanol–water partition coefficient (Wildman–Crippen LogP) is 3.00. The minimum atomic E-state index is -0.908. The third-order valence-electron chi connectivity index (χ3n) is 4.55. The highest BCUT2D eigenvalue weighted by atomic mass is 16.5. The van der Waals surface area contributed by atoms with Crippen LogP contribution in [0.1, 0.15) is 60.3 Å². The molecule has 0 aromatic rings. The molecule has 1 aliphatic rings. The van der Waals surface area contributed by atoms with E-state index in [4.69, 9.17) is 4.74 Å². The van der Waals surface area contributed by atoms with E-state index >= 15 is 0 Å². The van der Waals surface area contributed by atoms with Crippen LogP contribution in [0.4, 0.5) is 0 Å². The van der Waals surface area contributed by atoms with E-state index in [1.165, 1.54) is 7.11 Å². The molecular weight excluding hydrogens is 294 g/mol. The van der Waals surface area contributed by atoms with Gasteiger partial charge in [-0.2, -0.15) is 0 Å². The van der Waals surface area contributed by atoms with Crippen molar-refractivity contribution in [2.75, 3.05) is 7.11 Å². The average molecular weight is 323 g/mol. The first-order valence-corrected chi connectivity index (χ1v) is 8.40. The number of esters is 1. The van der Waals surface area contributed by atoms with Crippen LogP contribution >= 0.6 is 0 Å². The lowest BCUT2D eigenvalue weighted by molar-refractivity contribution is -0.156. The maximum Gasteiger partial charge on any atom is 0.316 e. The normalized spacial score (nSPS) is 26.9. The molecule has 0 radical (unpaired) electrons. The highest BCUT2D eigenvalue weighted by molar-refractivity contribution is 6.26. The Morgan fingerprint density at radius 1 is 1.35 bits per heavy atom. The van der Waals surface area contributed by atoms with E-state index in [0.29, 0.717) is 25.0 Å². The number of carbonyl (C=O) groups excluding carboxylic acids is 3. The molecule has 0 aromatic heterocycles. The van der Waals surface area contributed by atoms with E-state index in [0.717, 1.165) is 6.42 Å². The van der Waals surface area contributed by atoms with E-state index in [9.17, 15) is 14.4 Å². The highest BCUT2D eigenvalue weighted by Crippen LogP contribution is 2.41. The fourth-order valence-corrected chi connectivity index (χ4v) is 3.17. The minimum Gasteiger partial charge on any atom is -0.468 e. The second-order valence-electron chi connectivity index (χ2n) is 7.05. The molecule has 3 atom stereocenters. The molecule has 0 aliphatic heterocycles. The molecule has 0 spiro atoms. The minimum absolute atomic E-state index is 0.0557. The Kier molecular flexibility index (Phi) is 6.66. The van der Waals surface area contributed by atoms with Gasteiger partial charge >= 0.3 is 5.97 Å². The number of carbonyl (C=O) groups is 3. The number of rotatable bonds is 6. The van der Waals surface area contributed by atoms with Gasteiger partial charge < -0.3 is 4.74 Å². The summed E-state index contributed by atoms with van der Waals surface area (Å²) in [5.41, 5.74) is 0.0346. The van der Waals surface area contributed by atoms with Crippen molar-refractivity contribution in [3.63, 3.8) is 0 Å². The molecule has 0 heterocycles. The topological polar surface area (TPSA) is 72.8 Å². The van der Waals surface area contributed by atoms with Crippen LogP contribution in [0.25, 0.3) is 0 Å². The molecule has 0 N–H and O–H groups in total. The monoisotopic (exact) mass is 323 g/mol. The van der Waals surface area contributed by atoms with Crippen molar-refractivity contribution in [3.05, 3.63) is 0 Å². The van der Waals surface area contributed by atoms with Gasteiger partial charge in [-0.1, -0.05) is 27.7 Å². The summed E-state index contributed by atoms with van der Waals surface area (Å²) < 4.78 is 4.81. The van der Waals surface area contributed by atoms with Crippen LogP contribution in [0.3, 0.4) is 0 Å². The summed E-state index contributed by atoms with van der Waals surface area (Å²) in [5, 5.41) is 0. The standard InChI is InChI=1S/C18H29NO4/c1-7-9-13(20)14-12(19-11(3)8-2)10-18(4,5)15(16(14)21)17(22)23-6/h11,14-15H,7-10H2,1-6H3/t11-,14+,15-/m0/s1. The van der Waals surface area contributed by atoms with Crippen LogP contribution in [-0.4, -0.2) is 36.4 Å². The van der Waals surface area contributed by atoms with E-state index in [1.54, 1.807) is 0 Å². The summed E-state index contributed by atoms with van der Waals surface area (Å²) in [5.74, 6) is -2.84. The van der Waals surface area contributed by atoms with Gasteiger partial charge in [-0.15, -0.1) is 0 Å². The Balaban J connectivity index is 3.32. The van der Waals surface area contributed by atoms with Crippen LogP contribution < -0.4 is 0 Å². The molecule has 0 saturated heterocycles. The number of Topliss-reactive ketones (excluding diaryl/α,β-unsaturated/α-hetero) is 2. The van der Waals surface area contributed by atoms with Crippen LogP contribution in [-0.2, 0) is 19.1 Å². The lowest BCUT2D eigenvalue weighted by atomic mass is 9.62. The fourth-order valence-electron chi connectivity index (χ4n) is 3.17. The summed E-state index contributed by atoms with van der Waals surface area (Å²) in [4.78, 5) is 42.2. The molecule has 0 bridgehead atoms. The third-order valence-corrected chi connectivity index (χ3v) is 4.55. The smallest absolute Gasteiger partial charge is 0.316 e. The van der Waals surface area contributed by atoms with Gasteiger partial charge in [0.1, 0.15) is 17.6 Å². The highest BCUT2D eigenvalue weighted by Gasteiger charge is 2.52. The zero-order valence-electron chi connectivity index (χ0n) is 15.1. The Labute approximate surface area is 138 Å². The Morgan fingerprint density at radius 2 is 1.96 bits per heavy atom. The molecule has 1 fully saturated rings. The van der Waals surface area contributed by atoms with Crippen molar-refractivity contribution in [1.82, 2.24) is 0 Å². The molecule has 0 amide bonds. The van der Waals surface area contributed by atoms with Crippen LogP contribution in [0, 0.1) is 17.3 Å². The molecular formula is C18H29NO4. The van der Waals surface area contributed by atoms with Crippen molar-refractivity contribution in [2.45, 2.75) is 66.3 Å². The van der Waals surface area contributed by atoms with E-state index in [2.05, 4.69) is 4.99 Å². The SMILES string of the molecule is CCCC(=O)[C@@H]1C(=O)[C@@H](C(=O)OC)C(C)(C)CC1=N[C@@H](C)CC. The van der Waals surface area contributed by atoms with Gasteiger partial charge in [-0.25, -0.2) is 0 Å². The van der Waals surface area contributed by atoms with Crippen molar-refractivity contribution < 1.29 is 19.1 Å². The summed E-state index contributed by atoms with van der Waals surface area (Å²) in [6.45, 7) is 9.61. The van der Waals surface area contributed by atoms with Gasteiger partial charge in [-0.05, 0) is 31.6 Å². The largest absolute Gasteiger partial charge is 0.468 e. The molecule has 5 heteroatoms. The first-order valence-electron chi connectivity index (χ1n) is 8.40. The van der Waals surface area contributed by atoms with Crippen molar-refractivity contribution in [1.29, 1.82) is 0 Å². The molecule has 1 saturated carbocycles. The maximum absolute atomic E-state index is 12.9. The van der Waals surface area contributed by atoms with Crippen LogP contribution in [0.15, 0.2) is 4.99 Å². The molecule has 0 unspecified atom stereocenters. The van der Waals surface area contributed by atoms with Crippen molar-refractivity contribution in [2.24, 2.45) is 22.2 Å². The second kappa shape index (κ2) is 7.84. The zero-order chi connectivity index (χ0) is 17.8. The average Bonchev–Trinajstić information content (AvgIpc) is 2.45.